The van der Waals surface area contributed by atoms with Gasteiger partial charge in [0.25, 0.3) is 0 Å². The average Bonchev–Trinajstić information content (AvgIpc) is 2.54. The molecule has 1 aliphatic rings. The van der Waals surface area contributed by atoms with Gasteiger partial charge in [-0.05, 0) is 38.5 Å². The fourth-order valence-electron chi connectivity index (χ4n) is 2.40. The van der Waals surface area contributed by atoms with E-state index >= 15 is 0 Å². The summed E-state index contributed by atoms with van der Waals surface area (Å²) in [6.45, 7) is 7.48. The fraction of sp³-hybridized carbons (Fsp3) is 0.412. The van der Waals surface area contributed by atoms with Crippen molar-refractivity contribution in [2.75, 3.05) is 11.4 Å². The van der Waals surface area contributed by atoms with Crippen LogP contribution < -0.4 is 4.90 Å². The lowest BCUT2D eigenvalue weighted by atomic mass is 10.00. The monoisotopic (exact) mass is 303 g/mol. The number of carbonyl (C=O) groups excluding carboxylic acids is 1. The van der Waals surface area contributed by atoms with E-state index in [4.69, 9.17) is 4.74 Å². The van der Waals surface area contributed by atoms with Gasteiger partial charge in [-0.1, -0.05) is 25.1 Å². The molecule has 1 atom stereocenters. The number of aliphatic carboxylic acids is 1. The Labute approximate surface area is 130 Å². The second-order valence-electron chi connectivity index (χ2n) is 6.46. The van der Waals surface area contributed by atoms with Crippen molar-refractivity contribution in [3.05, 3.63) is 35.4 Å². The highest BCUT2D eigenvalue weighted by Gasteiger charge is 2.30. The minimum Gasteiger partial charge on any atom is -0.478 e. The molecule has 1 amide bonds. The molecule has 1 N–H and O–H groups in total. The lowest BCUT2D eigenvalue weighted by Crippen LogP contribution is -2.39. The maximum Gasteiger partial charge on any atom is 0.414 e. The third-order valence-corrected chi connectivity index (χ3v) is 3.39. The van der Waals surface area contributed by atoms with Gasteiger partial charge in [0.15, 0.2) is 0 Å². The number of benzene rings is 1. The Balaban J connectivity index is 2.44. The summed E-state index contributed by atoms with van der Waals surface area (Å²) in [6, 6.07) is 7.24. The van der Waals surface area contributed by atoms with Gasteiger partial charge in [-0.3, -0.25) is 4.90 Å². The normalized spacial score (nSPS) is 18.1. The van der Waals surface area contributed by atoms with Crippen molar-refractivity contribution in [3.8, 4) is 0 Å². The fourth-order valence-corrected chi connectivity index (χ4v) is 2.40. The summed E-state index contributed by atoms with van der Waals surface area (Å²) in [5.74, 6) is -1.26. The molecule has 0 aliphatic carbocycles. The number of rotatable bonds is 1. The van der Waals surface area contributed by atoms with E-state index in [0.717, 1.165) is 0 Å². The second kappa shape index (κ2) is 5.83. The van der Waals surface area contributed by atoms with Crippen LogP contribution in [-0.2, 0) is 9.53 Å². The van der Waals surface area contributed by atoms with E-state index in [1.165, 1.54) is 4.90 Å². The smallest absolute Gasteiger partial charge is 0.414 e. The Morgan fingerprint density at radius 2 is 1.91 bits per heavy atom. The average molecular weight is 303 g/mol. The molecule has 2 rings (SSSR count). The first-order chi connectivity index (χ1) is 10.2. The van der Waals surface area contributed by atoms with Crippen molar-refractivity contribution in [3.63, 3.8) is 0 Å². The second-order valence-corrected chi connectivity index (χ2v) is 6.46. The zero-order valence-electron chi connectivity index (χ0n) is 13.3. The van der Waals surface area contributed by atoms with Gasteiger partial charge in [0, 0.05) is 18.0 Å². The lowest BCUT2D eigenvalue weighted by molar-refractivity contribution is -0.133. The molecule has 1 aromatic rings. The molecule has 118 valence electrons. The summed E-state index contributed by atoms with van der Waals surface area (Å²) in [6.07, 6.45) is 1.17. The van der Waals surface area contributed by atoms with Crippen molar-refractivity contribution in [2.24, 2.45) is 5.92 Å². The topological polar surface area (TPSA) is 66.8 Å². The number of hydrogen-bond acceptors (Lipinski definition) is 3. The van der Waals surface area contributed by atoms with Gasteiger partial charge in [0.1, 0.15) is 5.60 Å². The third kappa shape index (κ3) is 3.47. The highest BCUT2D eigenvalue weighted by molar-refractivity contribution is 5.98. The number of amides is 1. The predicted octanol–water partition coefficient (Wildman–Crippen LogP) is 3.55. The van der Waals surface area contributed by atoms with Gasteiger partial charge in [0.2, 0.25) is 0 Å². The molecule has 0 bridgehead atoms. The van der Waals surface area contributed by atoms with Gasteiger partial charge in [0.05, 0.1) is 5.69 Å². The number of carboxylic acids is 1. The number of ether oxygens (including phenoxy) is 1. The molecule has 0 fully saturated rings. The standard InChI is InChI=1S/C17H21NO4/c1-11-10-18(16(21)22-17(2,3)4)14-8-6-5-7-12(14)9-13(11)15(19)20/h5-9,11H,10H2,1-4H3,(H,19,20)/t11-/m1/s1. The SMILES string of the molecule is C[C@@H]1CN(C(=O)OC(C)(C)C)c2ccccc2C=C1C(=O)O. The molecule has 0 saturated carbocycles. The van der Waals surface area contributed by atoms with Gasteiger partial charge in [-0.15, -0.1) is 0 Å². The van der Waals surface area contributed by atoms with Crippen LogP contribution in [0.4, 0.5) is 10.5 Å². The van der Waals surface area contributed by atoms with Crippen LogP contribution in [-0.4, -0.2) is 29.3 Å². The minimum atomic E-state index is -0.964. The number of carboxylic acid groups (broad SMARTS) is 1. The van der Waals surface area contributed by atoms with E-state index in [2.05, 4.69) is 0 Å². The van der Waals surface area contributed by atoms with Crippen molar-refractivity contribution in [1.29, 1.82) is 0 Å². The number of nitrogens with zero attached hydrogens (tertiary/aromatic N) is 1. The Hall–Kier alpha value is -2.30. The van der Waals surface area contributed by atoms with Crippen molar-refractivity contribution >= 4 is 23.8 Å². The zero-order valence-corrected chi connectivity index (χ0v) is 13.3. The van der Waals surface area contributed by atoms with Gasteiger partial charge >= 0.3 is 12.1 Å². The van der Waals surface area contributed by atoms with E-state index in [1.54, 1.807) is 45.9 Å². The quantitative estimate of drug-likeness (QED) is 0.861. The molecular formula is C17H21NO4. The molecule has 0 radical (unpaired) electrons. The molecule has 1 aromatic carbocycles. The molecule has 0 saturated heterocycles. The summed E-state index contributed by atoms with van der Waals surface area (Å²) < 4.78 is 5.45. The molecule has 0 spiro atoms. The maximum absolute atomic E-state index is 12.5. The van der Waals surface area contributed by atoms with E-state index in [9.17, 15) is 14.7 Å². The van der Waals surface area contributed by atoms with Gasteiger partial charge in [-0.25, -0.2) is 9.59 Å². The number of carbonyl (C=O) groups is 2. The van der Waals surface area contributed by atoms with Gasteiger partial charge in [-0.2, -0.15) is 0 Å². The molecule has 22 heavy (non-hydrogen) atoms. The zero-order chi connectivity index (χ0) is 16.5. The summed E-state index contributed by atoms with van der Waals surface area (Å²) in [5.41, 5.74) is 1.05. The van der Waals surface area contributed by atoms with Crippen molar-refractivity contribution in [1.82, 2.24) is 0 Å². The summed E-state index contributed by atoms with van der Waals surface area (Å²) in [5, 5.41) is 9.37. The number of anilines is 1. The Bertz CT molecular complexity index is 628. The maximum atomic E-state index is 12.5. The van der Waals surface area contributed by atoms with Crippen LogP contribution in [0.5, 0.6) is 0 Å². The van der Waals surface area contributed by atoms with Crippen LogP contribution in [0.25, 0.3) is 6.08 Å². The van der Waals surface area contributed by atoms with E-state index in [0.29, 0.717) is 16.8 Å². The lowest BCUT2D eigenvalue weighted by Gasteiger charge is -2.28. The van der Waals surface area contributed by atoms with E-state index < -0.39 is 17.7 Å². The number of para-hydroxylation sites is 1. The minimum absolute atomic E-state index is 0.268. The number of hydrogen-bond donors (Lipinski definition) is 1. The Morgan fingerprint density at radius 1 is 1.27 bits per heavy atom. The Kier molecular flexibility index (Phi) is 4.26. The first-order valence-electron chi connectivity index (χ1n) is 7.23. The Morgan fingerprint density at radius 3 is 2.50 bits per heavy atom. The van der Waals surface area contributed by atoms with E-state index in [1.807, 2.05) is 12.1 Å². The first-order valence-corrected chi connectivity index (χ1v) is 7.23. The van der Waals surface area contributed by atoms with Crippen LogP contribution in [0.15, 0.2) is 29.8 Å². The molecule has 1 aliphatic heterocycles. The molecule has 0 aromatic heterocycles. The molecule has 0 unspecified atom stereocenters. The molecule has 5 nitrogen and oxygen atoms in total. The van der Waals surface area contributed by atoms with Crippen molar-refractivity contribution in [2.45, 2.75) is 33.3 Å². The largest absolute Gasteiger partial charge is 0.478 e. The molecular weight excluding hydrogens is 282 g/mol. The highest BCUT2D eigenvalue weighted by Crippen LogP contribution is 2.31. The highest BCUT2D eigenvalue weighted by atomic mass is 16.6. The summed E-state index contributed by atoms with van der Waals surface area (Å²) in [7, 11) is 0. The summed E-state index contributed by atoms with van der Waals surface area (Å²) >= 11 is 0. The van der Waals surface area contributed by atoms with Crippen LogP contribution in [0.1, 0.15) is 33.3 Å². The van der Waals surface area contributed by atoms with Crippen LogP contribution in [0.2, 0.25) is 0 Å². The summed E-state index contributed by atoms with van der Waals surface area (Å²) in [4.78, 5) is 25.4. The van der Waals surface area contributed by atoms with E-state index in [-0.39, 0.29) is 12.5 Å². The van der Waals surface area contributed by atoms with Crippen molar-refractivity contribution < 1.29 is 19.4 Å². The molecule has 1 heterocycles. The van der Waals surface area contributed by atoms with Gasteiger partial charge < -0.3 is 9.84 Å². The first kappa shape index (κ1) is 16.1. The third-order valence-electron chi connectivity index (χ3n) is 3.39. The number of fused-ring (bicyclic) bond motifs is 1. The van der Waals surface area contributed by atoms with Crippen LogP contribution in [0.3, 0.4) is 0 Å². The molecule has 5 heteroatoms. The predicted molar refractivity (Wildman–Crippen MR) is 84.8 cm³/mol. The van der Waals surface area contributed by atoms with Crippen LogP contribution >= 0.6 is 0 Å². The van der Waals surface area contributed by atoms with Crippen LogP contribution in [0, 0.1) is 5.92 Å².